The molecule has 1 unspecified atom stereocenters. The number of carbonyl (C=O) groups is 1. The number of hydrogen-bond donors (Lipinski definition) is 1. The first kappa shape index (κ1) is 12.9. The first-order chi connectivity index (χ1) is 9.63. The average molecular weight is 270 g/mol. The summed E-state index contributed by atoms with van der Waals surface area (Å²) in [4.78, 5) is 15.3. The molecule has 1 aromatic heterocycles. The Balaban J connectivity index is 1.83. The van der Waals surface area contributed by atoms with Gasteiger partial charge in [-0.1, -0.05) is 6.07 Å². The summed E-state index contributed by atoms with van der Waals surface area (Å²) in [6.07, 6.45) is 8.75. The number of carboxylic acid groups (broad SMARTS) is 1. The molecule has 4 nitrogen and oxygen atoms in total. The molecule has 1 N–H and O–H groups in total. The topological polar surface area (TPSA) is 55.1 Å². The lowest BCUT2D eigenvalue weighted by Gasteiger charge is -2.25. The third-order valence-electron chi connectivity index (χ3n) is 4.14. The average Bonchev–Trinajstić information content (AvgIpc) is 2.91. The van der Waals surface area contributed by atoms with Gasteiger partial charge in [0, 0.05) is 18.9 Å². The molecule has 0 aliphatic heterocycles. The Labute approximate surface area is 118 Å². The Morgan fingerprint density at radius 3 is 3.00 bits per heavy atom. The molecule has 0 radical (unpaired) electrons. The Hall–Kier alpha value is -2.10. The van der Waals surface area contributed by atoms with Gasteiger partial charge in [0.1, 0.15) is 0 Å². The highest BCUT2D eigenvalue weighted by Gasteiger charge is 2.21. The summed E-state index contributed by atoms with van der Waals surface area (Å²) >= 11 is 0. The van der Waals surface area contributed by atoms with E-state index >= 15 is 0 Å². The van der Waals surface area contributed by atoms with E-state index in [1.165, 1.54) is 11.1 Å². The largest absolute Gasteiger partial charge is 0.478 e. The molecule has 3 rings (SSSR count). The van der Waals surface area contributed by atoms with Crippen molar-refractivity contribution in [3.05, 3.63) is 53.1 Å². The van der Waals surface area contributed by atoms with Crippen molar-refractivity contribution >= 4 is 5.97 Å². The van der Waals surface area contributed by atoms with Crippen LogP contribution in [0.25, 0.3) is 0 Å². The van der Waals surface area contributed by atoms with E-state index < -0.39 is 5.97 Å². The van der Waals surface area contributed by atoms with Crippen LogP contribution < -0.4 is 0 Å². The van der Waals surface area contributed by atoms with Gasteiger partial charge in [0.2, 0.25) is 0 Å². The lowest BCUT2D eigenvalue weighted by molar-refractivity contribution is 0.0696. The van der Waals surface area contributed by atoms with Crippen molar-refractivity contribution < 1.29 is 9.90 Å². The highest BCUT2D eigenvalue weighted by atomic mass is 16.4. The normalized spacial score (nSPS) is 17.8. The van der Waals surface area contributed by atoms with Crippen LogP contribution in [0, 0.1) is 12.8 Å². The predicted molar refractivity (Wildman–Crippen MR) is 75.9 cm³/mol. The number of benzene rings is 1. The maximum atomic E-state index is 11.2. The van der Waals surface area contributed by atoms with Crippen LogP contribution in [0.5, 0.6) is 0 Å². The Bertz CT molecular complexity index is 632. The fourth-order valence-corrected chi connectivity index (χ4v) is 3.09. The summed E-state index contributed by atoms with van der Waals surface area (Å²) in [5.41, 5.74) is 3.81. The minimum absolute atomic E-state index is 0.437. The van der Waals surface area contributed by atoms with Gasteiger partial charge in [0.15, 0.2) is 0 Å². The van der Waals surface area contributed by atoms with Gasteiger partial charge in [-0.25, -0.2) is 9.78 Å². The van der Waals surface area contributed by atoms with Crippen molar-refractivity contribution in [3.63, 3.8) is 0 Å². The van der Waals surface area contributed by atoms with Gasteiger partial charge in [-0.05, 0) is 54.9 Å². The molecule has 1 aromatic carbocycles. The van der Waals surface area contributed by atoms with E-state index in [2.05, 4.69) is 9.55 Å². The maximum absolute atomic E-state index is 11.2. The number of aromatic carboxylic acids is 1. The molecule has 2 aromatic rings. The van der Waals surface area contributed by atoms with Crippen LogP contribution in [0.2, 0.25) is 0 Å². The van der Waals surface area contributed by atoms with Gasteiger partial charge in [0.05, 0.1) is 11.9 Å². The second-order valence-electron chi connectivity index (χ2n) is 5.61. The van der Waals surface area contributed by atoms with Gasteiger partial charge in [-0.3, -0.25) is 0 Å². The second kappa shape index (κ2) is 5.12. The van der Waals surface area contributed by atoms with Crippen molar-refractivity contribution in [1.82, 2.24) is 9.55 Å². The molecule has 0 spiro atoms. The molecule has 0 bridgehead atoms. The SMILES string of the molecule is Cc1cc2c(cc1C(=O)O)CC(Cn1ccnc1)CC2. The summed E-state index contributed by atoms with van der Waals surface area (Å²) in [7, 11) is 0. The first-order valence-corrected chi connectivity index (χ1v) is 6.95. The molecule has 0 saturated heterocycles. The molecule has 1 aliphatic carbocycles. The zero-order valence-corrected chi connectivity index (χ0v) is 11.5. The van der Waals surface area contributed by atoms with Crippen molar-refractivity contribution in [2.24, 2.45) is 5.92 Å². The maximum Gasteiger partial charge on any atom is 0.335 e. The molecule has 1 heterocycles. The zero-order valence-electron chi connectivity index (χ0n) is 11.5. The molecule has 20 heavy (non-hydrogen) atoms. The van der Waals surface area contributed by atoms with Crippen molar-refractivity contribution in [2.45, 2.75) is 32.7 Å². The third-order valence-corrected chi connectivity index (χ3v) is 4.14. The summed E-state index contributed by atoms with van der Waals surface area (Å²) in [6.45, 7) is 2.83. The number of nitrogens with zero attached hydrogens (tertiary/aromatic N) is 2. The minimum Gasteiger partial charge on any atom is -0.478 e. The van der Waals surface area contributed by atoms with Crippen molar-refractivity contribution in [2.75, 3.05) is 0 Å². The van der Waals surface area contributed by atoms with Crippen LogP contribution in [-0.4, -0.2) is 20.6 Å². The molecule has 104 valence electrons. The monoisotopic (exact) mass is 270 g/mol. The lowest BCUT2D eigenvalue weighted by Crippen LogP contribution is -2.20. The van der Waals surface area contributed by atoms with Crippen LogP contribution in [0.15, 0.2) is 30.9 Å². The van der Waals surface area contributed by atoms with E-state index in [4.69, 9.17) is 0 Å². The number of aryl methyl sites for hydroxylation is 2. The third kappa shape index (κ3) is 2.46. The molecule has 1 aliphatic rings. The van der Waals surface area contributed by atoms with E-state index in [1.807, 2.05) is 31.6 Å². The lowest BCUT2D eigenvalue weighted by atomic mass is 9.82. The fourth-order valence-electron chi connectivity index (χ4n) is 3.09. The molecule has 0 amide bonds. The smallest absolute Gasteiger partial charge is 0.335 e. The molecule has 0 saturated carbocycles. The van der Waals surface area contributed by atoms with Gasteiger partial charge >= 0.3 is 5.97 Å². The number of rotatable bonds is 3. The standard InChI is InChI=1S/C16H18N2O2/c1-11-6-13-3-2-12(9-18-5-4-17-10-18)7-14(13)8-15(11)16(19)20/h4-6,8,10,12H,2-3,7,9H2,1H3,(H,19,20). The van der Waals surface area contributed by atoms with Gasteiger partial charge in [-0.15, -0.1) is 0 Å². The number of imidazole rings is 1. The number of fused-ring (bicyclic) bond motifs is 1. The van der Waals surface area contributed by atoms with E-state index in [0.29, 0.717) is 11.5 Å². The Morgan fingerprint density at radius 1 is 1.45 bits per heavy atom. The minimum atomic E-state index is -0.831. The van der Waals surface area contributed by atoms with E-state index in [-0.39, 0.29) is 0 Å². The van der Waals surface area contributed by atoms with Gasteiger partial charge < -0.3 is 9.67 Å². The summed E-state index contributed by atoms with van der Waals surface area (Å²) in [6, 6.07) is 3.92. The van der Waals surface area contributed by atoms with Crippen LogP contribution >= 0.6 is 0 Å². The number of hydrogen-bond acceptors (Lipinski definition) is 2. The first-order valence-electron chi connectivity index (χ1n) is 6.95. The highest BCUT2D eigenvalue weighted by Crippen LogP contribution is 2.29. The van der Waals surface area contributed by atoms with Gasteiger partial charge in [0.25, 0.3) is 0 Å². The van der Waals surface area contributed by atoms with E-state index in [9.17, 15) is 9.90 Å². The number of aromatic nitrogens is 2. The second-order valence-corrected chi connectivity index (χ2v) is 5.61. The van der Waals surface area contributed by atoms with Crippen LogP contribution in [0.4, 0.5) is 0 Å². The quantitative estimate of drug-likeness (QED) is 0.933. The fraction of sp³-hybridized carbons (Fsp3) is 0.375. The van der Waals surface area contributed by atoms with Crippen LogP contribution in [-0.2, 0) is 19.4 Å². The van der Waals surface area contributed by atoms with Crippen molar-refractivity contribution in [3.8, 4) is 0 Å². The number of carboxylic acids is 1. The molecular weight excluding hydrogens is 252 g/mol. The van der Waals surface area contributed by atoms with E-state index in [1.54, 1.807) is 6.20 Å². The van der Waals surface area contributed by atoms with E-state index in [0.717, 1.165) is 31.4 Å². The van der Waals surface area contributed by atoms with Gasteiger partial charge in [-0.2, -0.15) is 0 Å². The summed E-state index contributed by atoms with van der Waals surface area (Å²) in [5, 5.41) is 9.23. The summed E-state index contributed by atoms with van der Waals surface area (Å²) in [5.74, 6) is -0.275. The molecule has 4 heteroatoms. The predicted octanol–water partition coefficient (Wildman–Crippen LogP) is 2.69. The summed E-state index contributed by atoms with van der Waals surface area (Å²) < 4.78 is 2.10. The highest BCUT2D eigenvalue weighted by molar-refractivity contribution is 5.89. The molecule has 1 atom stereocenters. The van der Waals surface area contributed by atoms with Crippen LogP contribution in [0.3, 0.4) is 0 Å². The van der Waals surface area contributed by atoms with Crippen molar-refractivity contribution in [1.29, 1.82) is 0 Å². The Kier molecular flexibility index (Phi) is 3.30. The Morgan fingerprint density at radius 2 is 2.30 bits per heavy atom. The molecular formula is C16H18N2O2. The zero-order chi connectivity index (χ0) is 14.1. The van der Waals surface area contributed by atoms with Crippen LogP contribution in [0.1, 0.15) is 33.5 Å². The molecule has 0 fully saturated rings.